The number of aromatic nitrogens is 2. The molecule has 10 heteroatoms. The molecule has 0 fully saturated rings. The summed E-state index contributed by atoms with van der Waals surface area (Å²) in [5, 5.41) is 2.75. The van der Waals surface area contributed by atoms with Crippen LogP contribution in [-0.4, -0.2) is 43.0 Å². The smallest absolute Gasteiger partial charge is 0.328 e. The minimum absolute atomic E-state index is 0.0503. The van der Waals surface area contributed by atoms with E-state index in [1.54, 1.807) is 18.2 Å². The lowest BCUT2D eigenvalue weighted by molar-refractivity contribution is 0.111. The molecule has 0 saturated carbocycles. The second-order valence-electron chi connectivity index (χ2n) is 8.10. The monoisotopic (exact) mass is 494 g/mol. The predicted molar refractivity (Wildman–Crippen MR) is 132 cm³/mol. The molecular formula is C26H27FN4O5. The number of halogens is 1. The number of ether oxygens (including phenoxy) is 3. The summed E-state index contributed by atoms with van der Waals surface area (Å²) in [5.41, 5.74) is 2.22. The standard InChI is InChI=1S/C26H27FN4O5/c1-4-19-20(24(27)22(35-3)12-21(19)34-2)15-36-18-9-10-23(28-13-18)30-26(33)31-11-5-6-16-7-8-17(14-32)29-25(16)31/h7-10,12-14H,4-6,11,15H2,1-3H3,(H,28,30,33). The average Bonchev–Trinajstić information content (AvgIpc) is 2.92. The molecule has 0 bridgehead atoms. The number of aryl methyl sites for hydroxylation is 1. The van der Waals surface area contributed by atoms with Gasteiger partial charge in [-0.1, -0.05) is 13.0 Å². The molecule has 0 unspecified atom stereocenters. The summed E-state index contributed by atoms with van der Waals surface area (Å²) in [6, 6.07) is 7.82. The molecule has 0 saturated heterocycles. The number of amides is 2. The van der Waals surface area contributed by atoms with Gasteiger partial charge in [0.2, 0.25) is 0 Å². The van der Waals surface area contributed by atoms with E-state index in [0.717, 1.165) is 18.4 Å². The number of fused-ring (bicyclic) bond motifs is 1. The largest absolute Gasteiger partial charge is 0.496 e. The first-order chi connectivity index (χ1) is 17.5. The van der Waals surface area contributed by atoms with Crippen LogP contribution in [0.1, 0.15) is 40.5 Å². The zero-order valence-corrected chi connectivity index (χ0v) is 20.3. The number of hydrogen-bond donors (Lipinski definition) is 1. The molecule has 1 N–H and O–H groups in total. The van der Waals surface area contributed by atoms with Crippen molar-refractivity contribution < 1.29 is 28.2 Å². The molecule has 3 heterocycles. The summed E-state index contributed by atoms with van der Waals surface area (Å²) in [6.45, 7) is 2.33. The summed E-state index contributed by atoms with van der Waals surface area (Å²) in [7, 11) is 2.91. The zero-order chi connectivity index (χ0) is 25.7. The number of methoxy groups -OCH3 is 2. The Labute approximate surface area is 208 Å². The summed E-state index contributed by atoms with van der Waals surface area (Å²) in [4.78, 5) is 34.1. The minimum atomic E-state index is -0.500. The van der Waals surface area contributed by atoms with Gasteiger partial charge in [-0.25, -0.2) is 19.2 Å². The van der Waals surface area contributed by atoms with Crippen molar-refractivity contribution in [3.05, 3.63) is 64.7 Å². The van der Waals surface area contributed by atoms with Gasteiger partial charge in [0.15, 0.2) is 17.9 Å². The quantitative estimate of drug-likeness (QED) is 0.458. The number of hydrogen-bond acceptors (Lipinski definition) is 7. The van der Waals surface area contributed by atoms with Gasteiger partial charge in [0.05, 0.1) is 20.4 Å². The molecule has 36 heavy (non-hydrogen) atoms. The van der Waals surface area contributed by atoms with Crippen molar-refractivity contribution in [1.82, 2.24) is 9.97 Å². The van der Waals surface area contributed by atoms with Crippen LogP contribution in [0.4, 0.5) is 20.8 Å². The van der Waals surface area contributed by atoms with Gasteiger partial charge in [-0.05, 0) is 43.0 Å². The Kier molecular flexibility index (Phi) is 7.62. The molecule has 0 aliphatic carbocycles. The van der Waals surface area contributed by atoms with Crippen molar-refractivity contribution in [2.24, 2.45) is 0 Å². The van der Waals surface area contributed by atoms with E-state index in [4.69, 9.17) is 14.2 Å². The number of aldehydes is 1. The first-order valence-electron chi connectivity index (χ1n) is 11.5. The van der Waals surface area contributed by atoms with Crippen LogP contribution in [0.3, 0.4) is 0 Å². The third kappa shape index (κ3) is 5.07. The van der Waals surface area contributed by atoms with Crippen LogP contribution in [0.15, 0.2) is 36.5 Å². The summed E-state index contributed by atoms with van der Waals surface area (Å²) < 4.78 is 31.2. The van der Waals surface area contributed by atoms with Gasteiger partial charge in [-0.2, -0.15) is 0 Å². The van der Waals surface area contributed by atoms with Gasteiger partial charge in [0.25, 0.3) is 0 Å². The number of benzene rings is 1. The van der Waals surface area contributed by atoms with Gasteiger partial charge >= 0.3 is 6.03 Å². The van der Waals surface area contributed by atoms with E-state index in [2.05, 4.69) is 15.3 Å². The highest BCUT2D eigenvalue weighted by Crippen LogP contribution is 2.34. The highest BCUT2D eigenvalue weighted by atomic mass is 19.1. The van der Waals surface area contributed by atoms with Gasteiger partial charge < -0.3 is 14.2 Å². The zero-order valence-electron chi connectivity index (χ0n) is 20.3. The molecule has 1 aromatic carbocycles. The molecular weight excluding hydrogens is 467 g/mol. The fourth-order valence-corrected chi connectivity index (χ4v) is 4.16. The van der Waals surface area contributed by atoms with Crippen LogP contribution in [0.5, 0.6) is 17.2 Å². The molecule has 1 aliphatic rings. The number of pyridine rings is 2. The van der Waals surface area contributed by atoms with Gasteiger partial charge in [0, 0.05) is 23.7 Å². The number of rotatable bonds is 8. The number of carbonyl (C=O) groups excluding carboxylic acids is 2. The Bertz CT molecular complexity index is 1270. The van der Waals surface area contributed by atoms with Crippen molar-refractivity contribution in [2.45, 2.75) is 32.8 Å². The number of carbonyl (C=O) groups is 2. The molecule has 3 aromatic rings. The van der Waals surface area contributed by atoms with E-state index in [1.807, 2.05) is 13.0 Å². The lowest BCUT2D eigenvalue weighted by Gasteiger charge is -2.28. The summed E-state index contributed by atoms with van der Waals surface area (Å²) in [5.74, 6) is 1.30. The molecule has 0 atom stereocenters. The van der Waals surface area contributed by atoms with Gasteiger partial charge in [0.1, 0.15) is 35.4 Å². The fourth-order valence-electron chi connectivity index (χ4n) is 4.16. The maximum Gasteiger partial charge on any atom is 0.328 e. The second kappa shape index (κ2) is 11.0. The maximum atomic E-state index is 14.9. The molecule has 1 aliphatic heterocycles. The maximum absolute atomic E-state index is 14.9. The molecule has 0 radical (unpaired) electrons. The Balaban J connectivity index is 1.45. The number of urea groups is 1. The van der Waals surface area contributed by atoms with Crippen molar-refractivity contribution in [3.63, 3.8) is 0 Å². The van der Waals surface area contributed by atoms with E-state index >= 15 is 0 Å². The topological polar surface area (TPSA) is 103 Å². The molecule has 2 aromatic heterocycles. The van der Waals surface area contributed by atoms with Crippen LogP contribution >= 0.6 is 0 Å². The minimum Gasteiger partial charge on any atom is -0.496 e. The van der Waals surface area contributed by atoms with Crippen LogP contribution in [0, 0.1) is 5.82 Å². The molecule has 188 valence electrons. The highest BCUT2D eigenvalue weighted by molar-refractivity contribution is 6.01. The second-order valence-corrected chi connectivity index (χ2v) is 8.10. The van der Waals surface area contributed by atoms with E-state index in [9.17, 15) is 14.0 Å². The molecule has 0 spiro atoms. The van der Waals surface area contributed by atoms with Crippen LogP contribution < -0.4 is 24.4 Å². The number of nitrogens with one attached hydrogen (secondary N) is 1. The average molecular weight is 495 g/mol. The van der Waals surface area contributed by atoms with E-state index in [-0.39, 0.29) is 18.1 Å². The van der Waals surface area contributed by atoms with Crippen LogP contribution in [0.2, 0.25) is 0 Å². The Hall–Kier alpha value is -4.21. The van der Waals surface area contributed by atoms with Crippen molar-refractivity contribution in [1.29, 1.82) is 0 Å². The third-order valence-electron chi connectivity index (χ3n) is 5.98. The Morgan fingerprint density at radius 1 is 1.17 bits per heavy atom. The van der Waals surface area contributed by atoms with E-state index in [0.29, 0.717) is 53.5 Å². The lowest BCUT2D eigenvalue weighted by Crippen LogP contribution is -2.39. The van der Waals surface area contributed by atoms with Crippen molar-refractivity contribution in [2.75, 3.05) is 31.0 Å². The lowest BCUT2D eigenvalue weighted by atomic mass is 10.0. The van der Waals surface area contributed by atoms with Crippen molar-refractivity contribution in [3.8, 4) is 17.2 Å². The fraction of sp³-hybridized carbons (Fsp3) is 0.308. The molecule has 4 rings (SSSR count). The number of anilines is 2. The predicted octanol–water partition coefficient (Wildman–Crippen LogP) is 4.57. The SMILES string of the molecule is CCc1c(OC)cc(OC)c(F)c1COc1ccc(NC(=O)N2CCCc3ccc(C=O)nc32)nc1. The van der Waals surface area contributed by atoms with Gasteiger partial charge in [-0.3, -0.25) is 15.0 Å². The first kappa shape index (κ1) is 24.9. The van der Waals surface area contributed by atoms with Crippen LogP contribution in [-0.2, 0) is 19.4 Å². The van der Waals surface area contributed by atoms with Crippen molar-refractivity contribution >= 4 is 24.0 Å². The highest BCUT2D eigenvalue weighted by Gasteiger charge is 2.25. The summed E-state index contributed by atoms with van der Waals surface area (Å²) in [6.07, 6.45) is 4.23. The normalized spacial score (nSPS) is 12.5. The van der Waals surface area contributed by atoms with Gasteiger partial charge in [-0.15, -0.1) is 0 Å². The van der Waals surface area contributed by atoms with E-state index in [1.165, 1.54) is 31.4 Å². The molecule has 9 nitrogen and oxygen atoms in total. The molecule has 2 amide bonds. The Morgan fingerprint density at radius 3 is 2.64 bits per heavy atom. The summed E-state index contributed by atoms with van der Waals surface area (Å²) >= 11 is 0. The Morgan fingerprint density at radius 2 is 1.97 bits per heavy atom. The first-order valence-corrected chi connectivity index (χ1v) is 11.5. The van der Waals surface area contributed by atoms with Crippen LogP contribution in [0.25, 0.3) is 0 Å². The number of nitrogens with zero attached hydrogens (tertiary/aromatic N) is 3. The van der Waals surface area contributed by atoms with E-state index < -0.39 is 11.8 Å². The third-order valence-corrected chi connectivity index (χ3v) is 5.98.